The number of rotatable bonds is 4. The maximum Gasteiger partial charge on any atom is 0.332 e. The zero-order valence-corrected chi connectivity index (χ0v) is 14.8. The van der Waals surface area contributed by atoms with Crippen LogP contribution in [0.5, 0.6) is 0 Å². The van der Waals surface area contributed by atoms with E-state index < -0.39 is 0 Å². The molecule has 9 nitrogen and oxygen atoms in total. The number of anilines is 3. The molecule has 0 spiro atoms. The van der Waals surface area contributed by atoms with Crippen LogP contribution in [0.15, 0.2) is 27.9 Å². The molecule has 134 valence electrons. The van der Waals surface area contributed by atoms with Crippen LogP contribution in [-0.4, -0.2) is 51.8 Å². The van der Waals surface area contributed by atoms with E-state index in [1.54, 1.807) is 13.2 Å². The third kappa shape index (κ3) is 3.35. The van der Waals surface area contributed by atoms with Crippen molar-refractivity contribution in [2.75, 3.05) is 47.8 Å². The van der Waals surface area contributed by atoms with Crippen molar-refractivity contribution in [1.82, 2.24) is 19.1 Å². The number of aromatic nitrogens is 4. The van der Waals surface area contributed by atoms with Crippen LogP contribution < -0.4 is 26.4 Å². The minimum absolute atomic E-state index is 0.286. The molecule has 0 unspecified atom stereocenters. The summed E-state index contributed by atoms with van der Waals surface area (Å²) in [5.74, 6) is 2.16. The molecule has 1 aliphatic heterocycles. The van der Waals surface area contributed by atoms with Gasteiger partial charge >= 0.3 is 5.69 Å². The fraction of sp³-hybridized carbons (Fsp3) is 0.500. The normalized spacial score (nSPS) is 14.7. The molecular formula is C16H23N7O2. The summed E-state index contributed by atoms with van der Waals surface area (Å²) in [7, 11) is 3.18. The van der Waals surface area contributed by atoms with Gasteiger partial charge < -0.3 is 15.1 Å². The van der Waals surface area contributed by atoms with E-state index in [-0.39, 0.29) is 11.2 Å². The van der Waals surface area contributed by atoms with Gasteiger partial charge in [-0.3, -0.25) is 13.9 Å². The molecule has 2 aromatic heterocycles. The maximum atomic E-state index is 12.1. The number of hydrogen-bond acceptors (Lipinski definition) is 7. The Hall–Kier alpha value is -2.84. The fourth-order valence-electron chi connectivity index (χ4n) is 2.96. The van der Waals surface area contributed by atoms with Gasteiger partial charge in [0.05, 0.1) is 0 Å². The lowest BCUT2D eigenvalue weighted by Crippen LogP contribution is -2.49. The Morgan fingerprint density at radius 2 is 1.76 bits per heavy atom. The minimum atomic E-state index is -0.309. The molecule has 25 heavy (non-hydrogen) atoms. The van der Waals surface area contributed by atoms with Crippen LogP contribution in [0, 0.1) is 0 Å². The number of piperazine rings is 1. The van der Waals surface area contributed by atoms with Gasteiger partial charge in [-0.15, -0.1) is 0 Å². The number of hydrogen-bond donors (Lipinski definition) is 1. The van der Waals surface area contributed by atoms with Crippen LogP contribution in [0.25, 0.3) is 0 Å². The largest absolute Gasteiger partial charge is 0.354 e. The zero-order chi connectivity index (χ0) is 18.0. The molecular weight excluding hydrogens is 322 g/mol. The van der Waals surface area contributed by atoms with E-state index in [2.05, 4.69) is 25.1 Å². The maximum absolute atomic E-state index is 12.1. The lowest BCUT2D eigenvalue weighted by Gasteiger charge is -2.37. The minimum Gasteiger partial charge on any atom is -0.354 e. The summed E-state index contributed by atoms with van der Waals surface area (Å²) in [5.41, 5.74) is -0.595. The Morgan fingerprint density at radius 1 is 1.08 bits per heavy atom. The summed E-state index contributed by atoms with van der Waals surface area (Å²) in [6.07, 6.45) is 1.75. The smallest absolute Gasteiger partial charge is 0.332 e. The Morgan fingerprint density at radius 3 is 2.44 bits per heavy atom. The van der Waals surface area contributed by atoms with Gasteiger partial charge in [-0.05, 0) is 13.0 Å². The predicted molar refractivity (Wildman–Crippen MR) is 97.5 cm³/mol. The van der Waals surface area contributed by atoms with Gasteiger partial charge in [0.15, 0.2) is 0 Å². The van der Waals surface area contributed by atoms with Gasteiger partial charge in [-0.2, -0.15) is 4.98 Å². The molecule has 1 fully saturated rings. The molecule has 3 rings (SSSR count). The Kier molecular flexibility index (Phi) is 4.73. The number of nitrogens with one attached hydrogen (secondary N) is 1. The summed E-state index contributed by atoms with van der Waals surface area (Å²) in [4.78, 5) is 37.0. The van der Waals surface area contributed by atoms with Gasteiger partial charge in [0.2, 0.25) is 5.95 Å². The third-order valence-corrected chi connectivity index (χ3v) is 4.40. The monoisotopic (exact) mass is 345 g/mol. The van der Waals surface area contributed by atoms with Gasteiger partial charge in [-0.1, -0.05) is 0 Å². The van der Waals surface area contributed by atoms with E-state index in [9.17, 15) is 9.59 Å². The molecule has 1 aliphatic rings. The highest BCUT2D eigenvalue weighted by atomic mass is 16.2. The molecule has 0 bridgehead atoms. The van der Waals surface area contributed by atoms with E-state index >= 15 is 0 Å². The van der Waals surface area contributed by atoms with Gasteiger partial charge in [-0.25, -0.2) is 9.78 Å². The average Bonchev–Trinajstić information content (AvgIpc) is 2.64. The second kappa shape index (κ2) is 6.96. The van der Waals surface area contributed by atoms with E-state index in [1.807, 2.05) is 13.0 Å². The van der Waals surface area contributed by atoms with Crippen molar-refractivity contribution < 1.29 is 0 Å². The molecule has 0 atom stereocenters. The molecule has 1 saturated heterocycles. The van der Waals surface area contributed by atoms with E-state index in [4.69, 9.17) is 0 Å². The van der Waals surface area contributed by atoms with Crippen molar-refractivity contribution in [3.05, 3.63) is 39.2 Å². The van der Waals surface area contributed by atoms with Gasteiger partial charge in [0, 0.05) is 59.1 Å². The highest BCUT2D eigenvalue weighted by Gasteiger charge is 2.21. The van der Waals surface area contributed by atoms with Crippen LogP contribution in [-0.2, 0) is 14.1 Å². The quantitative estimate of drug-likeness (QED) is 0.809. The second-order valence-corrected chi connectivity index (χ2v) is 5.98. The first-order valence-electron chi connectivity index (χ1n) is 8.35. The first-order chi connectivity index (χ1) is 12.0. The van der Waals surface area contributed by atoms with E-state index in [0.717, 1.165) is 30.0 Å². The fourth-order valence-corrected chi connectivity index (χ4v) is 2.96. The lowest BCUT2D eigenvalue weighted by molar-refractivity contribution is 0.607. The Labute approximate surface area is 145 Å². The van der Waals surface area contributed by atoms with Gasteiger partial charge in [0.25, 0.3) is 5.56 Å². The molecule has 2 aromatic rings. The first kappa shape index (κ1) is 17.0. The van der Waals surface area contributed by atoms with Crippen molar-refractivity contribution in [2.24, 2.45) is 14.1 Å². The molecule has 0 aliphatic carbocycles. The highest BCUT2D eigenvalue weighted by molar-refractivity contribution is 5.46. The van der Waals surface area contributed by atoms with Gasteiger partial charge in [0.1, 0.15) is 11.6 Å². The zero-order valence-electron chi connectivity index (χ0n) is 14.8. The SMILES string of the molecule is CCNc1nccc(N2CCN(c3cc(=O)n(C)c(=O)n3C)CC2)n1. The molecule has 0 amide bonds. The summed E-state index contributed by atoms with van der Waals surface area (Å²) in [6, 6.07) is 3.41. The topological polar surface area (TPSA) is 88.3 Å². The van der Waals surface area contributed by atoms with Crippen LogP contribution in [0.2, 0.25) is 0 Å². The van der Waals surface area contributed by atoms with E-state index in [1.165, 1.54) is 17.7 Å². The Bertz CT molecular complexity index is 866. The van der Waals surface area contributed by atoms with Crippen molar-refractivity contribution in [2.45, 2.75) is 6.92 Å². The van der Waals surface area contributed by atoms with Crippen molar-refractivity contribution >= 4 is 17.6 Å². The van der Waals surface area contributed by atoms with Crippen LogP contribution in [0.4, 0.5) is 17.6 Å². The molecule has 9 heteroatoms. The van der Waals surface area contributed by atoms with Crippen molar-refractivity contribution in [3.8, 4) is 0 Å². The first-order valence-corrected chi connectivity index (χ1v) is 8.35. The summed E-state index contributed by atoms with van der Waals surface area (Å²) >= 11 is 0. The molecule has 1 N–H and O–H groups in total. The summed E-state index contributed by atoms with van der Waals surface area (Å²) in [5, 5.41) is 3.11. The summed E-state index contributed by atoms with van der Waals surface area (Å²) < 4.78 is 2.63. The summed E-state index contributed by atoms with van der Waals surface area (Å²) in [6.45, 7) is 5.71. The molecule has 3 heterocycles. The molecule has 0 saturated carbocycles. The Balaban J connectivity index is 1.75. The second-order valence-electron chi connectivity index (χ2n) is 5.98. The third-order valence-electron chi connectivity index (χ3n) is 4.40. The van der Waals surface area contributed by atoms with Crippen LogP contribution in [0.1, 0.15) is 6.92 Å². The van der Waals surface area contributed by atoms with Crippen molar-refractivity contribution in [1.29, 1.82) is 0 Å². The predicted octanol–water partition coefficient (Wildman–Crippen LogP) is -0.368. The molecule has 0 radical (unpaired) electrons. The molecule has 0 aromatic carbocycles. The lowest BCUT2D eigenvalue weighted by atomic mass is 10.3. The van der Waals surface area contributed by atoms with Crippen molar-refractivity contribution in [3.63, 3.8) is 0 Å². The number of nitrogens with zero attached hydrogens (tertiary/aromatic N) is 6. The van der Waals surface area contributed by atoms with Crippen LogP contribution >= 0.6 is 0 Å². The van der Waals surface area contributed by atoms with E-state index in [0.29, 0.717) is 24.9 Å². The average molecular weight is 345 g/mol. The standard InChI is InChI=1S/C16H23N7O2/c1-4-17-15-18-6-5-12(19-15)22-7-9-23(10-8-22)13-11-14(24)21(3)16(25)20(13)2/h5-6,11H,4,7-10H2,1-3H3,(H,17,18,19). The van der Waals surface area contributed by atoms with Crippen LogP contribution in [0.3, 0.4) is 0 Å². The highest BCUT2D eigenvalue weighted by Crippen LogP contribution is 2.17.